The number of nitrogens with zero attached hydrogens (tertiary/aromatic N) is 1. The van der Waals surface area contributed by atoms with Crippen LogP contribution in [0.15, 0.2) is 61.3 Å². The van der Waals surface area contributed by atoms with Gasteiger partial charge in [-0.2, -0.15) is 0 Å². The highest BCUT2D eigenvalue weighted by atomic mass is 19.1. The monoisotopic (exact) mass is 454 g/mol. The molecule has 10 heteroatoms. The number of halogens is 2. The lowest BCUT2D eigenvalue weighted by molar-refractivity contribution is -0.111. The lowest BCUT2D eigenvalue weighted by atomic mass is 10.1. The molecule has 1 heterocycles. The van der Waals surface area contributed by atoms with Crippen LogP contribution in [0, 0.1) is 11.6 Å². The molecule has 0 bridgehead atoms. The van der Waals surface area contributed by atoms with Gasteiger partial charge in [-0.3, -0.25) is 9.59 Å². The molecule has 0 spiro atoms. The Morgan fingerprint density at radius 2 is 1.61 bits per heavy atom. The normalized spacial score (nSPS) is 10.2. The second-order valence-corrected chi connectivity index (χ2v) is 6.53. The Hall–Kier alpha value is -4.47. The molecule has 3 N–H and O–H groups in total. The minimum atomic E-state index is -1.15. The van der Waals surface area contributed by atoms with Gasteiger partial charge in [-0.25, -0.2) is 13.8 Å². The number of hydrogen-bond donors (Lipinski definition) is 3. The lowest BCUT2D eigenvalue weighted by Gasteiger charge is -2.13. The van der Waals surface area contributed by atoms with Crippen molar-refractivity contribution in [2.24, 2.45) is 0 Å². The summed E-state index contributed by atoms with van der Waals surface area (Å²) >= 11 is 0. The van der Waals surface area contributed by atoms with Crippen LogP contribution in [0.2, 0.25) is 0 Å². The number of benzene rings is 2. The van der Waals surface area contributed by atoms with Crippen LogP contribution in [0.4, 0.5) is 31.7 Å². The van der Waals surface area contributed by atoms with Crippen LogP contribution >= 0.6 is 0 Å². The number of methoxy groups -OCH3 is 2. The van der Waals surface area contributed by atoms with Crippen molar-refractivity contribution < 1.29 is 27.8 Å². The van der Waals surface area contributed by atoms with Crippen molar-refractivity contribution in [3.05, 3.63) is 78.5 Å². The van der Waals surface area contributed by atoms with Crippen LogP contribution in [-0.4, -0.2) is 31.0 Å². The lowest BCUT2D eigenvalue weighted by Crippen LogP contribution is -2.17. The number of amides is 2. The van der Waals surface area contributed by atoms with Gasteiger partial charge in [-0.1, -0.05) is 18.7 Å². The smallest absolute Gasteiger partial charge is 0.261 e. The van der Waals surface area contributed by atoms with Gasteiger partial charge >= 0.3 is 0 Å². The highest BCUT2D eigenvalue weighted by Crippen LogP contribution is 2.32. The Labute approximate surface area is 188 Å². The zero-order valence-corrected chi connectivity index (χ0v) is 17.7. The number of aromatic nitrogens is 1. The predicted molar refractivity (Wildman–Crippen MR) is 120 cm³/mol. The molecule has 0 atom stereocenters. The first-order valence-electron chi connectivity index (χ1n) is 9.54. The van der Waals surface area contributed by atoms with E-state index in [1.54, 1.807) is 30.3 Å². The first-order valence-corrected chi connectivity index (χ1v) is 9.54. The van der Waals surface area contributed by atoms with E-state index in [4.69, 9.17) is 9.47 Å². The Bertz CT molecular complexity index is 1170. The number of rotatable bonds is 8. The molecule has 0 saturated carbocycles. The number of carbonyl (C=O) groups is 2. The third-order valence-corrected chi connectivity index (χ3v) is 4.46. The molecule has 2 aromatic carbocycles. The molecule has 0 unspecified atom stereocenters. The van der Waals surface area contributed by atoms with E-state index in [0.717, 1.165) is 12.1 Å². The average Bonchev–Trinajstić information content (AvgIpc) is 2.81. The number of para-hydroxylation sites is 2. The molecular weight excluding hydrogens is 434 g/mol. The van der Waals surface area contributed by atoms with E-state index in [0.29, 0.717) is 17.2 Å². The van der Waals surface area contributed by atoms with E-state index in [2.05, 4.69) is 27.5 Å². The van der Waals surface area contributed by atoms with Crippen LogP contribution in [0.25, 0.3) is 0 Å². The van der Waals surface area contributed by atoms with E-state index in [1.807, 2.05) is 0 Å². The van der Waals surface area contributed by atoms with Gasteiger partial charge in [0.2, 0.25) is 5.91 Å². The van der Waals surface area contributed by atoms with Crippen LogP contribution in [0.1, 0.15) is 10.4 Å². The maximum absolute atomic E-state index is 14.5. The Balaban J connectivity index is 1.78. The first-order chi connectivity index (χ1) is 15.9. The zero-order valence-electron chi connectivity index (χ0n) is 17.7. The largest absolute Gasteiger partial charge is 0.494 e. The molecule has 3 aromatic rings. The van der Waals surface area contributed by atoms with E-state index >= 15 is 0 Å². The van der Waals surface area contributed by atoms with Gasteiger partial charge in [0, 0.05) is 6.07 Å². The van der Waals surface area contributed by atoms with Crippen molar-refractivity contribution in [3.63, 3.8) is 0 Å². The van der Waals surface area contributed by atoms with Crippen LogP contribution in [0.3, 0.4) is 0 Å². The van der Waals surface area contributed by atoms with Gasteiger partial charge in [0.05, 0.1) is 37.5 Å². The maximum Gasteiger partial charge on any atom is 0.261 e. The molecule has 0 aliphatic heterocycles. The highest BCUT2D eigenvalue weighted by molar-refractivity contribution is 6.05. The Morgan fingerprint density at radius 1 is 0.970 bits per heavy atom. The molecular formula is C23H20F2N4O4. The van der Waals surface area contributed by atoms with Crippen molar-refractivity contribution in [2.75, 3.05) is 30.2 Å². The third kappa shape index (κ3) is 5.24. The number of ether oxygens (including phenoxy) is 2. The van der Waals surface area contributed by atoms with Crippen molar-refractivity contribution in [1.29, 1.82) is 0 Å². The van der Waals surface area contributed by atoms with Gasteiger partial charge in [0.1, 0.15) is 11.4 Å². The molecule has 0 radical (unpaired) electrons. The quantitative estimate of drug-likeness (QED) is 0.434. The summed E-state index contributed by atoms with van der Waals surface area (Å²) in [5.74, 6) is -3.99. The van der Waals surface area contributed by atoms with Crippen LogP contribution < -0.4 is 25.4 Å². The molecule has 1 aromatic heterocycles. The second kappa shape index (κ2) is 10.2. The van der Waals surface area contributed by atoms with Crippen molar-refractivity contribution in [3.8, 4) is 11.5 Å². The maximum atomic E-state index is 14.5. The average molecular weight is 454 g/mol. The van der Waals surface area contributed by atoms with Crippen molar-refractivity contribution >= 4 is 34.7 Å². The minimum absolute atomic E-state index is 0.194. The molecule has 2 amide bonds. The van der Waals surface area contributed by atoms with Gasteiger partial charge in [0.25, 0.3) is 5.91 Å². The summed E-state index contributed by atoms with van der Waals surface area (Å²) < 4.78 is 38.7. The summed E-state index contributed by atoms with van der Waals surface area (Å²) in [6, 6.07) is 11.0. The number of pyridine rings is 1. The number of hydrogen-bond acceptors (Lipinski definition) is 6. The summed E-state index contributed by atoms with van der Waals surface area (Å²) in [4.78, 5) is 28.3. The zero-order chi connectivity index (χ0) is 24.0. The fourth-order valence-electron chi connectivity index (χ4n) is 2.84. The van der Waals surface area contributed by atoms with Crippen molar-refractivity contribution in [1.82, 2.24) is 4.98 Å². The SMILES string of the molecule is C=CC(=O)Nc1ccccc1Nc1ccc(NC(=O)c2c(F)c(OC)cc(OC)c2F)cn1. The van der Waals surface area contributed by atoms with E-state index in [9.17, 15) is 18.4 Å². The molecule has 0 aliphatic carbocycles. The number of carbonyl (C=O) groups excluding carboxylic acids is 2. The van der Waals surface area contributed by atoms with Gasteiger partial charge < -0.3 is 25.4 Å². The summed E-state index contributed by atoms with van der Waals surface area (Å²) in [7, 11) is 2.38. The minimum Gasteiger partial charge on any atom is -0.494 e. The molecule has 0 aliphatic rings. The molecule has 3 rings (SSSR count). The van der Waals surface area contributed by atoms with Gasteiger partial charge in [0.15, 0.2) is 23.1 Å². The molecule has 0 fully saturated rings. The van der Waals surface area contributed by atoms with E-state index in [1.165, 1.54) is 26.5 Å². The topological polar surface area (TPSA) is 102 Å². The predicted octanol–water partition coefficient (Wildman–Crippen LogP) is 4.50. The van der Waals surface area contributed by atoms with Crippen LogP contribution in [0.5, 0.6) is 11.5 Å². The molecule has 33 heavy (non-hydrogen) atoms. The van der Waals surface area contributed by atoms with Crippen molar-refractivity contribution in [2.45, 2.75) is 0 Å². The number of anilines is 4. The van der Waals surface area contributed by atoms with E-state index < -0.39 is 23.1 Å². The summed E-state index contributed by atoms with van der Waals surface area (Å²) in [6.45, 7) is 3.42. The summed E-state index contributed by atoms with van der Waals surface area (Å²) in [5, 5.41) is 8.10. The fourth-order valence-corrected chi connectivity index (χ4v) is 2.84. The molecule has 170 valence electrons. The standard InChI is InChI=1S/C23H20F2N4O4/c1-4-19(30)29-15-8-6-5-7-14(15)28-18-10-9-13(12-26-18)27-23(31)20-21(24)16(32-2)11-17(33-3)22(20)25/h4-12H,1H2,2-3H3,(H,26,28)(H,27,31)(H,29,30). The van der Waals surface area contributed by atoms with Gasteiger partial charge in [-0.15, -0.1) is 0 Å². The fraction of sp³-hybridized carbons (Fsp3) is 0.0870. The second-order valence-electron chi connectivity index (χ2n) is 6.53. The molecule has 0 saturated heterocycles. The van der Waals surface area contributed by atoms with E-state index in [-0.39, 0.29) is 23.1 Å². The summed E-state index contributed by atoms with van der Waals surface area (Å²) in [6.07, 6.45) is 2.45. The number of nitrogens with one attached hydrogen (secondary N) is 3. The Kier molecular flexibility index (Phi) is 7.19. The molecule has 8 nitrogen and oxygen atoms in total. The third-order valence-electron chi connectivity index (χ3n) is 4.46. The summed E-state index contributed by atoms with van der Waals surface area (Å²) in [5.41, 5.74) is 0.434. The Morgan fingerprint density at radius 3 is 2.15 bits per heavy atom. The van der Waals surface area contributed by atoms with Crippen LogP contribution in [-0.2, 0) is 4.79 Å². The van der Waals surface area contributed by atoms with Gasteiger partial charge in [-0.05, 0) is 30.3 Å². The first kappa shape index (κ1) is 23.2. The highest BCUT2D eigenvalue weighted by Gasteiger charge is 2.25.